The molecule has 0 atom stereocenters. The Morgan fingerprint density at radius 2 is 1.86 bits per heavy atom. The van der Waals surface area contributed by atoms with E-state index in [1.54, 1.807) is 13.4 Å². The second-order valence-corrected chi connectivity index (χ2v) is 6.30. The third kappa shape index (κ3) is 2.73. The monoisotopic (exact) mass is 371 g/mol. The molecule has 0 aliphatic heterocycles. The lowest BCUT2D eigenvalue weighted by Gasteiger charge is -2.11. The molecule has 0 saturated carbocycles. The lowest BCUT2D eigenvalue weighted by molar-refractivity contribution is 0.415. The largest absolute Gasteiger partial charge is 0.497 e. The summed E-state index contributed by atoms with van der Waals surface area (Å²) < 4.78 is 12.6. The fraction of sp³-hybridized carbons (Fsp3) is 0.0952. The molecule has 0 aliphatic carbocycles. The Hall–Kier alpha value is -3.87. The molecule has 7 heteroatoms. The minimum atomic E-state index is 0.508. The molecule has 0 fully saturated rings. The first kappa shape index (κ1) is 16.3. The molecule has 0 amide bonds. The van der Waals surface area contributed by atoms with Crippen molar-refractivity contribution in [3.63, 3.8) is 0 Å². The number of para-hydroxylation sites is 1. The summed E-state index contributed by atoms with van der Waals surface area (Å²) in [7, 11) is 1.65. The molecule has 3 aromatic heterocycles. The molecule has 0 unspecified atom stereocenters. The van der Waals surface area contributed by atoms with E-state index >= 15 is 0 Å². The summed E-state index contributed by atoms with van der Waals surface area (Å²) in [6.07, 6.45) is 1.65. The second-order valence-electron chi connectivity index (χ2n) is 6.30. The molecule has 0 radical (unpaired) electrons. The minimum Gasteiger partial charge on any atom is -0.497 e. The zero-order chi connectivity index (χ0) is 18.9. The Bertz CT molecular complexity index is 1240. The van der Waals surface area contributed by atoms with Crippen LogP contribution in [0.2, 0.25) is 0 Å². The smallest absolute Gasteiger partial charge is 0.211 e. The van der Waals surface area contributed by atoms with E-state index in [-0.39, 0.29) is 0 Å². The molecule has 0 saturated heterocycles. The first-order chi connectivity index (χ1) is 13.8. The predicted molar refractivity (Wildman–Crippen MR) is 106 cm³/mol. The zero-order valence-corrected chi connectivity index (χ0v) is 15.2. The van der Waals surface area contributed by atoms with E-state index in [9.17, 15) is 0 Å². The van der Waals surface area contributed by atoms with E-state index in [1.165, 1.54) is 0 Å². The maximum atomic E-state index is 5.43. The predicted octanol–water partition coefficient (Wildman–Crippen LogP) is 4.16. The quantitative estimate of drug-likeness (QED) is 0.500. The Labute approximate surface area is 160 Å². The number of nitrogens with zero attached hydrogens (tertiary/aromatic N) is 4. The van der Waals surface area contributed by atoms with Crippen molar-refractivity contribution in [2.24, 2.45) is 0 Å². The Kier molecular flexibility index (Phi) is 3.90. The molecule has 0 aliphatic rings. The minimum absolute atomic E-state index is 0.508. The topological polar surface area (TPSA) is 77.5 Å². The number of ether oxygens (including phenoxy) is 1. The average Bonchev–Trinajstić information content (AvgIpc) is 3.42. The number of rotatable bonds is 5. The van der Waals surface area contributed by atoms with Crippen LogP contribution in [-0.2, 0) is 6.54 Å². The molecule has 5 aromatic rings. The van der Waals surface area contributed by atoms with Gasteiger partial charge in [0.05, 0.1) is 25.4 Å². The van der Waals surface area contributed by atoms with Gasteiger partial charge in [-0.2, -0.15) is 0 Å². The molecule has 0 spiro atoms. The van der Waals surface area contributed by atoms with Crippen LogP contribution >= 0.6 is 0 Å². The molecular formula is C21H17N5O2. The van der Waals surface area contributed by atoms with Crippen molar-refractivity contribution in [2.45, 2.75) is 6.54 Å². The van der Waals surface area contributed by atoms with Gasteiger partial charge in [-0.3, -0.25) is 0 Å². The fourth-order valence-corrected chi connectivity index (χ4v) is 3.21. The van der Waals surface area contributed by atoms with Crippen LogP contribution in [0.3, 0.4) is 0 Å². The third-order valence-electron chi connectivity index (χ3n) is 4.60. The van der Waals surface area contributed by atoms with Crippen molar-refractivity contribution < 1.29 is 9.15 Å². The number of nitrogens with one attached hydrogen (secondary N) is 1. The van der Waals surface area contributed by atoms with Gasteiger partial charge in [-0.15, -0.1) is 10.2 Å². The summed E-state index contributed by atoms with van der Waals surface area (Å²) in [5.74, 6) is 2.97. The van der Waals surface area contributed by atoms with Crippen LogP contribution in [0, 0.1) is 0 Å². The van der Waals surface area contributed by atoms with E-state index in [0.29, 0.717) is 18.3 Å². The first-order valence-electron chi connectivity index (χ1n) is 8.88. The number of hydrogen-bond acceptors (Lipinski definition) is 6. The zero-order valence-electron chi connectivity index (χ0n) is 15.2. The molecule has 138 valence electrons. The van der Waals surface area contributed by atoms with E-state index in [4.69, 9.17) is 14.1 Å². The average molecular weight is 371 g/mol. The lowest BCUT2D eigenvalue weighted by atomic mass is 10.2. The number of aromatic nitrogens is 4. The van der Waals surface area contributed by atoms with E-state index in [2.05, 4.69) is 15.5 Å². The van der Waals surface area contributed by atoms with Crippen LogP contribution in [0.25, 0.3) is 27.9 Å². The van der Waals surface area contributed by atoms with E-state index in [1.807, 2.05) is 65.1 Å². The maximum Gasteiger partial charge on any atom is 0.211 e. The number of benzene rings is 2. The summed E-state index contributed by atoms with van der Waals surface area (Å²) in [6.45, 7) is 0.508. The molecule has 0 bridgehead atoms. The highest BCUT2D eigenvalue weighted by Crippen LogP contribution is 2.28. The number of hydrogen-bond donors (Lipinski definition) is 1. The van der Waals surface area contributed by atoms with Gasteiger partial charge in [0.25, 0.3) is 0 Å². The number of anilines is 1. The Morgan fingerprint density at radius 3 is 2.64 bits per heavy atom. The first-order valence-corrected chi connectivity index (χ1v) is 8.88. The summed E-state index contributed by atoms with van der Waals surface area (Å²) in [6, 6.07) is 19.4. The van der Waals surface area contributed by atoms with Crippen LogP contribution in [-0.4, -0.2) is 26.7 Å². The second kappa shape index (κ2) is 6.70. The molecule has 2 aromatic carbocycles. The van der Waals surface area contributed by atoms with Gasteiger partial charge in [0, 0.05) is 10.9 Å². The normalized spacial score (nSPS) is 11.2. The molecule has 7 nitrogen and oxygen atoms in total. The van der Waals surface area contributed by atoms with Gasteiger partial charge in [-0.25, -0.2) is 9.38 Å². The van der Waals surface area contributed by atoms with Gasteiger partial charge in [0.15, 0.2) is 11.5 Å². The standard InChI is InChI=1S/C21H17N5O2/c1-27-15-10-8-14(9-11-15)19-24-25-20-17-6-2-3-7-18(17)23-21(26(19)20)22-13-16-5-4-12-28-16/h2-12H,13H2,1H3,(H,22,23). The molecule has 1 N–H and O–H groups in total. The van der Waals surface area contributed by atoms with Gasteiger partial charge < -0.3 is 14.5 Å². The maximum absolute atomic E-state index is 5.43. The summed E-state index contributed by atoms with van der Waals surface area (Å²) in [5, 5.41) is 13.2. The molecule has 28 heavy (non-hydrogen) atoms. The van der Waals surface area contributed by atoms with Gasteiger partial charge in [0.1, 0.15) is 11.5 Å². The summed E-state index contributed by atoms with van der Waals surface area (Å²) >= 11 is 0. The van der Waals surface area contributed by atoms with Crippen LogP contribution < -0.4 is 10.1 Å². The van der Waals surface area contributed by atoms with Crippen LogP contribution in [0.4, 0.5) is 5.95 Å². The van der Waals surface area contributed by atoms with Crippen LogP contribution in [0.1, 0.15) is 5.76 Å². The number of furan rings is 1. The highest BCUT2D eigenvalue weighted by atomic mass is 16.5. The van der Waals surface area contributed by atoms with Gasteiger partial charge in [0.2, 0.25) is 5.95 Å². The highest BCUT2D eigenvalue weighted by molar-refractivity contribution is 5.93. The molecular weight excluding hydrogens is 354 g/mol. The van der Waals surface area contributed by atoms with Crippen molar-refractivity contribution in [3.8, 4) is 17.1 Å². The number of fused-ring (bicyclic) bond motifs is 3. The van der Waals surface area contributed by atoms with Crippen molar-refractivity contribution in [1.29, 1.82) is 0 Å². The Balaban J connectivity index is 1.69. The van der Waals surface area contributed by atoms with Gasteiger partial charge in [-0.05, 0) is 48.5 Å². The third-order valence-corrected chi connectivity index (χ3v) is 4.60. The fourth-order valence-electron chi connectivity index (χ4n) is 3.21. The van der Waals surface area contributed by atoms with Crippen molar-refractivity contribution >= 4 is 22.5 Å². The number of methoxy groups -OCH3 is 1. The highest BCUT2D eigenvalue weighted by Gasteiger charge is 2.16. The van der Waals surface area contributed by atoms with E-state index < -0.39 is 0 Å². The SMILES string of the molecule is COc1ccc(-c2nnc3c4ccccc4nc(NCc4ccco4)n23)cc1. The van der Waals surface area contributed by atoms with Crippen LogP contribution in [0.15, 0.2) is 71.3 Å². The molecule has 5 rings (SSSR count). The van der Waals surface area contributed by atoms with Crippen molar-refractivity contribution in [1.82, 2.24) is 19.6 Å². The van der Waals surface area contributed by atoms with E-state index in [0.717, 1.165) is 33.6 Å². The summed E-state index contributed by atoms with van der Waals surface area (Å²) in [4.78, 5) is 4.80. The van der Waals surface area contributed by atoms with Crippen LogP contribution in [0.5, 0.6) is 5.75 Å². The van der Waals surface area contributed by atoms with Crippen molar-refractivity contribution in [2.75, 3.05) is 12.4 Å². The van der Waals surface area contributed by atoms with Crippen molar-refractivity contribution in [3.05, 3.63) is 72.7 Å². The van der Waals surface area contributed by atoms with Gasteiger partial charge >= 0.3 is 0 Å². The lowest BCUT2D eigenvalue weighted by Crippen LogP contribution is -2.07. The molecule has 3 heterocycles. The summed E-state index contributed by atoms with van der Waals surface area (Å²) in [5.41, 5.74) is 2.52. The van der Waals surface area contributed by atoms with Gasteiger partial charge in [-0.1, -0.05) is 12.1 Å². The Morgan fingerprint density at radius 1 is 1.00 bits per heavy atom.